The van der Waals surface area contributed by atoms with Gasteiger partial charge in [-0.05, 0) is 17.7 Å². The van der Waals surface area contributed by atoms with Crippen LogP contribution in [-0.2, 0) is 14.9 Å². The molecule has 13 heteroatoms. The van der Waals surface area contributed by atoms with Gasteiger partial charge in [-0.1, -0.05) is 0 Å². The van der Waals surface area contributed by atoms with E-state index in [1.165, 1.54) is 6.92 Å². The number of alkyl halides is 3. The van der Waals surface area contributed by atoms with E-state index in [4.69, 9.17) is 9.52 Å². The van der Waals surface area contributed by atoms with Crippen LogP contribution in [0.15, 0.2) is 22.6 Å². The molecule has 0 bridgehead atoms. The summed E-state index contributed by atoms with van der Waals surface area (Å²) in [6.45, 7) is 1.41. The lowest BCUT2D eigenvalue weighted by Crippen LogP contribution is -2.28. The van der Waals surface area contributed by atoms with Crippen LogP contribution < -0.4 is 4.18 Å². The molecule has 1 N–H and O–H groups in total. The number of hydrogen-bond donors (Lipinski definition) is 1. The van der Waals surface area contributed by atoms with E-state index in [0.29, 0.717) is 6.07 Å². The van der Waals surface area contributed by atoms with Gasteiger partial charge in [0, 0.05) is 13.0 Å². The first kappa shape index (κ1) is 19.6. The third kappa shape index (κ3) is 4.47. The van der Waals surface area contributed by atoms with Crippen LogP contribution in [0.3, 0.4) is 0 Å². The average molecular weight is 398 g/mol. The van der Waals surface area contributed by atoms with Gasteiger partial charge in [0.15, 0.2) is 0 Å². The van der Waals surface area contributed by atoms with E-state index in [2.05, 4.69) is 14.4 Å². The highest BCUT2D eigenvalue weighted by Crippen LogP contribution is 2.33. The van der Waals surface area contributed by atoms with Gasteiger partial charge in [-0.3, -0.25) is 4.79 Å². The van der Waals surface area contributed by atoms with Crippen LogP contribution in [0.4, 0.5) is 17.6 Å². The summed E-state index contributed by atoms with van der Waals surface area (Å²) in [5.74, 6) is -4.88. The highest BCUT2D eigenvalue weighted by atomic mass is 32.2. The number of benzene rings is 1. The van der Waals surface area contributed by atoms with Crippen molar-refractivity contribution in [2.75, 3.05) is 0 Å². The summed E-state index contributed by atoms with van der Waals surface area (Å²) in [6, 6.07) is 1.95. The van der Waals surface area contributed by atoms with Gasteiger partial charge in [0.25, 0.3) is 0 Å². The van der Waals surface area contributed by atoms with E-state index in [9.17, 15) is 30.8 Å². The lowest BCUT2D eigenvalue weighted by atomic mass is 9.95. The molecule has 1 aromatic heterocycles. The quantitative estimate of drug-likeness (QED) is 0.447. The zero-order valence-corrected chi connectivity index (χ0v) is 13.6. The Morgan fingerprint density at radius 3 is 2.46 bits per heavy atom. The van der Waals surface area contributed by atoms with Crippen LogP contribution >= 0.6 is 0 Å². The zero-order valence-electron chi connectivity index (χ0n) is 12.8. The number of aliphatic carboxylic acids is 1. The highest BCUT2D eigenvalue weighted by Gasteiger charge is 2.48. The molecule has 0 spiro atoms. The molecule has 0 fully saturated rings. The predicted octanol–water partition coefficient (Wildman–Crippen LogP) is 2.35. The Balaban J connectivity index is 2.47. The Kier molecular flexibility index (Phi) is 5.21. The van der Waals surface area contributed by atoms with Crippen LogP contribution in [0.1, 0.15) is 29.7 Å². The molecule has 0 saturated carbocycles. The molecule has 8 nitrogen and oxygen atoms in total. The van der Waals surface area contributed by atoms with Crippen molar-refractivity contribution in [2.24, 2.45) is 0 Å². The van der Waals surface area contributed by atoms with Crippen molar-refractivity contribution in [3.05, 3.63) is 41.4 Å². The zero-order chi connectivity index (χ0) is 19.7. The maximum absolute atomic E-state index is 13.7. The number of halogens is 4. The number of carbonyl (C=O) groups is 1. The van der Waals surface area contributed by atoms with E-state index in [1.807, 2.05) is 0 Å². The number of hydrogen-bond acceptors (Lipinski definition) is 7. The molecule has 0 amide bonds. The highest BCUT2D eigenvalue weighted by molar-refractivity contribution is 7.88. The normalized spacial score (nSPS) is 13.4. The van der Waals surface area contributed by atoms with Gasteiger partial charge < -0.3 is 13.7 Å². The Bertz CT molecular complexity index is 925. The van der Waals surface area contributed by atoms with Crippen LogP contribution in [0.25, 0.3) is 0 Å². The van der Waals surface area contributed by atoms with Gasteiger partial charge in [0.05, 0.1) is 12.3 Å². The standard InChI is InChI=1S/C13H10F4N2O6S/c1-6-18-19-12(24-6)10(5-11(20)21)7-2-8(14)4-9(3-7)25-26(22,23)13(15,16)17/h2-4,10H,5H2,1H3,(H,20,21). The van der Waals surface area contributed by atoms with E-state index in [0.717, 1.165) is 12.1 Å². The summed E-state index contributed by atoms with van der Waals surface area (Å²) < 4.78 is 82.0. The van der Waals surface area contributed by atoms with Crippen molar-refractivity contribution in [2.45, 2.75) is 24.8 Å². The molecule has 1 atom stereocenters. The second-order valence-electron chi connectivity index (χ2n) is 5.01. The SMILES string of the molecule is Cc1nnc(C(CC(=O)O)c2cc(F)cc(OS(=O)(=O)C(F)(F)F)c2)o1. The molecule has 142 valence electrons. The molecular weight excluding hydrogens is 388 g/mol. The van der Waals surface area contributed by atoms with Gasteiger partial charge in [-0.15, -0.1) is 10.2 Å². The largest absolute Gasteiger partial charge is 0.534 e. The van der Waals surface area contributed by atoms with Crippen LogP contribution in [-0.4, -0.2) is 35.2 Å². The molecule has 0 saturated heterocycles. The first-order valence-corrected chi connectivity index (χ1v) is 8.13. The number of rotatable bonds is 6. The maximum atomic E-state index is 13.7. The Morgan fingerprint density at radius 2 is 1.96 bits per heavy atom. The second kappa shape index (κ2) is 6.90. The predicted molar refractivity (Wildman–Crippen MR) is 75.1 cm³/mol. The monoisotopic (exact) mass is 398 g/mol. The summed E-state index contributed by atoms with van der Waals surface area (Å²) in [4.78, 5) is 11.0. The fourth-order valence-electron chi connectivity index (χ4n) is 1.98. The van der Waals surface area contributed by atoms with Crippen LogP contribution in [0, 0.1) is 12.7 Å². The van der Waals surface area contributed by atoms with Crippen molar-refractivity contribution in [1.29, 1.82) is 0 Å². The van der Waals surface area contributed by atoms with Gasteiger partial charge in [0.2, 0.25) is 11.8 Å². The smallest absolute Gasteiger partial charge is 0.481 e. The number of carboxylic acid groups (broad SMARTS) is 1. The summed E-state index contributed by atoms with van der Waals surface area (Å²) in [5.41, 5.74) is -5.94. The number of aryl methyl sites for hydroxylation is 1. The molecule has 0 radical (unpaired) electrons. The minimum Gasteiger partial charge on any atom is -0.481 e. The molecule has 0 aliphatic carbocycles. The topological polar surface area (TPSA) is 120 Å². The summed E-state index contributed by atoms with van der Waals surface area (Å²) in [5, 5.41) is 16.1. The Hall–Kier alpha value is -2.70. The van der Waals surface area contributed by atoms with Crippen molar-refractivity contribution in [3.8, 4) is 5.75 Å². The lowest BCUT2D eigenvalue weighted by molar-refractivity contribution is -0.137. The number of aromatic nitrogens is 2. The molecular formula is C13H10F4N2O6S. The molecule has 0 aliphatic heterocycles. The fraction of sp³-hybridized carbons (Fsp3) is 0.308. The molecule has 0 aliphatic rings. The van der Waals surface area contributed by atoms with E-state index < -0.39 is 45.5 Å². The second-order valence-corrected chi connectivity index (χ2v) is 6.55. The summed E-state index contributed by atoms with van der Waals surface area (Å²) >= 11 is 0. The lowest BCUT2D eigenvalue weighted by Gasteiger charge is -2.14. The number of nitrogens with zero attached hydrogens (tertiary/aromatic N) is 2. The van der Waals surface area contributed by atoms with E-state index in [1.54, 1.807) is 0 Å². The Labute approximate surface area is 143 Å². The first-order valence-electron chi connectivity index (χ1n) is 6.72. The first-order chi connectivity index (χ1) is 11.9. The van der Waals surface area contributed by atoms with Gasteiger partial charge in [-0.2, -0.15) is 21.6 Å². The molecule has 2 rings (SSSR count). The van der Waals surface area contributed by atoms with Crippen LogP contribution in [0.2, 0.25) is 0 Å². The van der Waals surface area contributed by atoms with Crippen molar-refractivity contribution >= 4 is 16.1 Å². The van der Waals surface area contributed by atoms with Crippen molar-refractivity contribution < 1.29 is 44.5 Å². The van der Waals surface area contributed by atoms with Gasteiger partial charge in [-0.25, -0.2) is 4.39 Å². The summed E-state index contributed by atoms with van der Waals surface area (Å²) in [6.07, 6.45) is -0.670. The minimum absolute atomic E-state index is 0.0721. The maximum Gasteiger partial charge on any atom is 0.534 e. The molecule has 1 heterocycles. The van der Waals surface area contributed by atoms with Gasteiger partial charge >= 0.3 is 21.6 Å². The van der Waals surface area contributed by atoms with E-state index in [-0.39, 0.29) is 17.3 Å². The number of carboxylic acids is 1. The third-order valence-electron chi connectivity index (χ3n) is 3.00. The van der Waals surface area contributed by atoms with E-state index >= 15 is 0 Å². The molecule has 1 aromatic carbocycles. The average Bonchev–Trinajstić information content (AvgIpc) is 2.88. The molecule has 1 unspecified atom stereocenters. The van der Waals surface area contributed by atoms with Crippen molar-refractivity contribution in [3.63, 3.8) is 0 Å². The molecule has 2 aromatic rings. The summed E-state index contributed by atoms with van der Waals surface area (Å²) in [7, 11) is -6.03. The fourth-order valence-corrected chi connectivity index (χ4v) is 2.43. The minimum atomic E-state index is -6.03. The van der Waals surface area contributed by atoms with Gasteiger partial charge in [0.1, 0.15) is 11.6 Å². The van der Waals surface area contributed by atoms with Crippen molar-refractivity contribution in [1.82, 2.24) is 10.2 Å². The molecule has 26 heavy (non-hydrogen) atoms. The third-order valence-corrected chi connectivity index (χ3v) is 3.98. The Morgan fingerprint density at radius 1 is 1.31 bits per heavy atom. The van der Waals surface area contributed by atoms with Crippen LogP contribution in [0.5, 0.6) is 5.75 Å².